The molecule has 0 bridgehead atoms. The second-order valence-corrected chi connectivity index (χ2v) is 25.2. The number of rotatable bonds is 8. The van der Waals surface area contributed by atoms with E-state index in [0.29, 0.717) is 17.6 Å². The van der Waals surface area contributed by atoms with Crippen LogP contribution in [0.2, 0.25) is 0 Å². The SMILES string of the molecule is c1ccc(-c2nc(-c3ccccc3)nc(-n3c4ccccc4c4cc5c(cc43)c3ccccc3n5-c3cc(-n4c5ccccc5c5cc6c(cc54)c4ccccc4n6-c4ccccc4)cc(-n4c5ccccc5c5cc6c(cc54)c4ccccc4n6-c4ccccc4)c3)n2)cc1. The molecule has 9 heteroatoms. The van der Waals surface area contributed by atoms with Crippen LogP contribution in [-0.2, 0) is 0 Å². The zero-order valence-electron chi connectivity index (χ0n) is 51.6. The molecule has 7 aromatic heterocycles. The van der Waals surface area contributed by atoms with E-state index in [0.717, 1.165) is 105 Å². The number of fused-ring (bicyclic) bond motifs is 18. The summed E-state index contributed by atoms with van der Waals surface area (Å²) < 4.78 is 14.6. The lowest BCUT2D eigenvalue weighted by atomic mass is 10.1. The molecule has 0 atom stereocenters. The standard InChI is InChI=1S/C87H53N9/c1-5-25-54(26-6-1)85-88-86(55-27-7-2-8-28-55)90-87(89-85)96-78-44-24-18-38-66(78)72-52-83-71(53-84(72)96)65-37-17-23-43-77(65)95(83)60-46-58(93-75-41-21-15-35-63(75)69-48-79-67(50-81(69)93)61-33-13-19-39-73(61)91(79)56-29-9-3-10-30-56)45-59(47-60)94-76-42-22-16-36-64(76)70-49-80-68(51-82(70)94)62-34-14-20-40-74(62)92(80)57-31-11-4-12-32-57/h1-53H. The Morgan fingerprint density at radius 1 is 0.156 bits per heavy atom. The molecule has 0 aliphatic heterocycles. The maximum atomic E-state index is 5.34. The highest BCUT2D eigenvalue weighted by Crippen LogP contribution is 2.46. The minimum atomic E-state index is 0.551. The second kappa shape index (κ2) is 20.2. The molecule has 0 N–H and O–H groups in total. The van der Waals surface area contributed by atoms with E-state index in [2.05, 4.69) is 313 Å². The minimum absolute atomic E-state index is 0.551. The van der Waals surface area contributed by atoms with Crippen molar-refractivity contribution in [3.8, 4) is 57.2 Å². The topological polar surface area (TPSA) is 68.2 Å². The Balaban J connectivity index is 0.874. The average molecular weight is 1220 g/mol. The summed E-state index contributed by atoms with van der Waals surface area (Å²) in [7, 11) is 0. The number of hydrogen-bond acceptors (Lipinski definition) is 3. The molecule has 96 heavy (non-hydrogen) atoms. The monoisotopic (exact) mass is 1220 g/mol. The zero-order valence-corrected chi connectivity index (χ0v) is 51.6. The van der Waals surface area contributed by atoms with Gasteiger partial charge in [-0.05, 0) is 115 Å². The van der Waals surface area contributed by atoms with E-state index in [1.807, 2.05) is 36.4 Å². The van der Waals surface area contributed by atoms with Gasteiger partial charge in [0.05, 0.1) is 83.3 Å². The minimum Gasteiger partial charge on any atom is -0.309 e. The molecule has 7 heterocycles. The van der Waals surface area contributed by atoms with Gasteiger partial charge in [-0.2, -0.15) is 9.97 Å². The van der Waals surface area contributed by atoms with Crippen molar-refractivity contribution >= 4 is 131 Å². The molecular weight excluding hydrogens is 1170 g/mol. The first-order chi connectivity index (χ1) is 47.6. The van der Waals surface area contributed by atoms with Crippen molar-refractivity contribution in [1.82, 2.24) is 42.4 Å². The first-order valence-electron chi connectivity index (χ1n) is 32.7. The largest absolute Gasteiger partial charge is 0.309 e. The van der Waals surface area contributed by atoms with Gasteiger partial charge >= 0.3 is 0 Å². The van der Waals surface area contributed by atoms with Crippen LogP contribution in [-0.4, -0.2) is 42.4 Å². The third-order valence-corrected chi connectivity index (χ3v) is 20.0. The molecule has 0 unspecified atom stereocenters. The first kappa shape index (κ1) is 52.5. The quantitative estimate of drug-likeness (QED) is 0.152. The summed E-state index contributed by atoms with van der Waals surface area (Å²) in [5, 5.41) is 13.9. The van der Waals surface area contributed by atoms with Crippen LogP contribution in [0.5, 0.6) is 0 Å². The van der Waals surface area contributed by atoms with Gasteiger partial charge in [-0.15, -0.1) is 0 Å². The molecule has 0 amide bonds. The van der Waals surface area contributed by atoms with Gasteiger partial charge in [-0.3, -0.25) is 4.57 Å². The lowest BCUT2D eigenvalue weighted by Crippen LogP contribution is -2.06. The Bertz CT molecular complexity index is 6500. The van der Waals surface area contributed by atoms with E-state index in [4.69, 9.17) is 15.0 Å². The summed E-state index contributed by atoms with van der Waals surface area (Å²) in [6.07, 6.45) is 0. The van der Waals surface area contributed by atoms with E-state index in [-0.39, 0.29) is 0 Å². The molecule has 0 radical (unpaired) electrons. The summed E-state index contributed by atoms with van der Waals surface area (Å²) in [6.45, 7) is 0. The number of para-hydroxylation sites is 8. The fraction of sp³-hybridized carbons (Fsp3) is 0. The highest BCUT2D eigenvalue weighted by molar-refractivity contribution is 6.22. The van der Waals surface area contributed by atoms with Crippen molar-refractivity contribution in [2.75, 3.05) is 0 Å². The average Bonchev–Trinajstić information content (AvgIpc) is 1.56. The smallest absolute Gasteiger partial charge is 0.238 e. The lowest BCUT2D eigenvalue weighted by molar-refractivity contribution is 0.954. The predicted octanol–water partition coefficient (Wildman–Crippen LogP) is 21.8. The fourth-order valence-electron chi connectivity index (χ4n) is 15.9. The van der Waals surface area contributed by atoms with Gasteiger partial charge in [-0.1, -0.05) is 206 Å². The molecule has 0 spiro atoms. The van der Waals surface area contributed by atoms with Crippen LogP contribution in [0.15, 0.2) is 322 Å². The Labute approximate surface area is 548 Å². The number of hydrogen-bond donors (Lipinski definition) is 0. The van der Waals surface area contributed by atoms with Crippen molar-refractivity contribution in [1.29, 1.82) is 0 Å². The molecule has 0 aliphatic rings. The Morgan fingerprint density at radius 2 is 0.375 bits per heavy atom. The van der Waals surface area contributed by atoms with Crippen molar-refractivity contribution in [3.05, 3.63) is 322 Å². The van der Waals surface area contributed by atoms with Crippen LogP contribution < -0.4 is 0 Å². The molecule has 446 valence electrons. The molecule has 14 aromatic carbocycles. The highest BCUT2D eigenvalue weighted by Gasteiger charge is 2.26. The Morgan fingerprint density at radius 3 is 0.656 bits per heavy atom. The zero-order chi connectivity index (χ0) is 62.7. The molecule has 0 saturated heterocycles. The van der Waals surface area contributed by atoms with E-state index in [1.165, 1.54) is 65.2 Å². The fourth-order valence-corrected chi connectivity index (χ4v) is 15.9. The van der Waals surface area contributed by atoms with Crippen LogP contribution in [0.3, 0.4) is 0 Å². The van der Waals surface area contributed by atoms with Crippen LogP contribution in [0.1, 0.15) is 0 Å². The van der Waals surface area contributed by atoms with Crippen LogP contribution in [0, 0.1) is 0 Å². The summed E-state index contributed by atoms with van der Waals surface area (Å²) in [4.78, 5) is 15.8. The van der Waals surface area contributed by atoms with Crippen molar-refractivity contribution in [2.24, 2.45) is 0 Å². The van der Waals surface area contributed by atoms with E-state index in [1.54, 1.807) is 0 Å². The van der Waals surface area contributed by atoms with Crippen molar-refractivity contribution in [2.45, 2.75) is 0 Å². The Kier molecular flexibility index (Phi) is 11.0. The van der Waals surface area contributed by atoms with E-state index >= 15 is 0 Å². The van der Waals surface area contributed by atoms with Crippen LogP contribution in [0.25, 0.3) is 188 Å². The van der Waals surface area contributed by atoms with Gasteiger partial charge < -0.3 is 22.8 Å². The van der Waals surface area contributed by atoms with Gasteiger partial charge in [0, 0.05) is 87.1 Å². The van der Waals surface area contributed by atoms with Crippen LogP contribution >= 0.6 is 0 Å². The third-order valence-electron chi connectivity index (χ3n) is 20.0. The Hall–Kier alpha value is -13.1. The van der Waals surface area contributed by atoms with E-state index in [9.17, 15) is 0 Å². The maximum absolute atomic E-state index is 5.34. The molecule has 9 nitrogen and oxygen atoms in total. The van der Waals surface area contributed by atoms with Gasteiger partial charge in [0.15, 0.2) is 11.6 Å². The predicted molar refractivity (Wildman–Crippen MR) is 397 cm³/mol. The van der Waals surface area contributed by atoms with E-state index < -0.39 is 0 Å². The highest BCUT2D eigenvalue weighted by atomic mass is 15.2. The summed E-state index contributed by atoms with van der Waals surface area (Å²) >= 11 is 0. The molecule has 21 aromatic rings. The lowest BCUT2D eigenvalue weighted by Gasteiger charge is -2.17. The van der Waals surface area contributed by atoms with Crippen molar-refractivity contribution < 1.29 is 0 Å². The molecule has 0 saturated carbocycles. The molecular formula is C87H53N9. The van der Waals surface area contributed by atoms with Gasteiger partial charge in [0.2, 0.25) is 5.95 Å². The molecule has 0 aliphatic carbocycles. The first-order valence-corrected chi connectivity index (χ1v) is 32.7. The summed E-state index contributed by atoms with van der Waals surface area (Å²) in [5.41, 5.74) is 20.5. The van der Waals surface area contributed by atoms with Gasteiger partial charge in [0.1, 0.15) is 0 Å². The molecule has 21 rings (SSSR count). The van der Waals surface area contributed by atoms with Gasteiger partial charge in [0.25, 0.3) is 0 Å². The summed E-state index contributed by atoms with van der Waals surface area (Å²) in [5.74, 6) is 1.77. The number of benzene rings is 14. The number of nitrogens with zero attached hydrogens (tertiary/aromatic N) is 9. The maximum Gasteiger partial charge on any atom is 0.238 e. The second-order valence-electron chi connectivity index (χ2n) is 25.2. The van der Waals surface area contributed by atoms with Crippen LogP contribution in [0.4, 0.5) is 0 Å². The third kappa shape index (κ3) is 7.59. The van der Waals surface area contributed by atoms with Gasteiger partial charge in [-0.25, -0.2) is 4.98 Å². The molecule has 0 fully saturated rings. The normalized spacial score (nSPS) is 12.2. The summed E-state index contributed by atoms with van der Waals surface area (Å²) in [6, 6.07) is 117. The number of aromatic nitrogens is 9. The van der Waals surface area contributed by atoms with Crippen molar-refractivity contribution in [3.63, 3.8) is 0 Å².